The zero-order valence-corrected chi connectivity index (χ0v) is 18.3. The second-order valence-corrected chi connectivity index (χ2v) is 7.76. The minimum absolute atomic E-state index is 0.130. The van der Waals surface area contributed by atoms with Crippen molar-refractivity contribution in [1.82, 2.24) is 29.8 Å². The van der Waals surface area contributed by atoms with Crippen LogP contribution in [0.3, 0.4) is 0 Å². The Morgan fingerprint density at radius 3 is 2.53 bits per heavy atom. The number of benzene rings is 1. The molecule has 1 aliphatic rings. The fourth-order valence-corrected chi connectivity index (χ4v) is 3.86. The first kappa shape index (κ1) is 23.6. The topological polar surface area (TPSA) is 76.4 Å². The van der Waals surface area contributed by atoms with Crippen LogP contribution < -0.4 is 4.74 Å². The maximum Gasteiger partial charge on any atom is 0.434 e. The third-order valence-corrected chi connectivity index (χ3v) is 5.55. The van der Waals surface area contributed by atoms with E-state index in [4.69, 9.17) is 4.74 Å². The number of methoxy groups -OCH3 is 1. The van der Waals surface area contributed by atoms with Gasteiger partial charge in [0.25, 0.3) is 5.91 Å². The fourth-order valence-electron chi connectivity index (χ4n) is 3.86. The molecule has 0 bridgehead atoms. The number of carbonyl (C=O) groups excluding carboxylic acids is 1. The standard InChI is InChI=1S/C22H22F4N6O2/c1-34-19-8-7-18(28-29-19)32-20(22(24,25)26)16(13-27-32)21(33)31-10-4-9-30(11-12-31)14-15-5-2-3-6-17(15)23/h2-3,5-8,13H,4,9-12,14H2,1H3. The maximum atomic E-state index is 14.0. The van der Waals surface area contributed by atoms with Crippen molar-refractivity contribution in [1.29, 1.82) is 0 Å². The van der Waals surface area contributed by atoms with Crippen LogP contribution in [-0.2, 0) is 12.7 Å². The van der Waals surface area contributed by atoms with Crippen molar-refractivity contribution < 1.29 is 27.1 Å². The lowest BCUT2D eigenvalue weighted by atomic mass is 10.2. The number of rotatable bonds is 5. The molecule has 1 amide bonds. The molecule has 1 aliphatic heterocycles. The molecule has 0 N–H and O–H groups in total. The highest BCUT2D eigenvalue weighted by Crippen LogP contribution is 2.34. The Bertz CT molecular complexity index is 1150. The second-order valence-electron chi connectivity index (χ2n) is 7.76. The zero-order chi connectivity index (χ0) is 24.3. The van der Waals surface area contributed by atoms with Crippen molar-refractivity contribution in [3.63, 3.8) is 0 Å². The number of hydrogen-bond donors (Lipinski definition) is 0. The molecule has 0 radical (unpaired) electrons. The predicted molar refractivity (Wildman–Crippen MR) is 113 cm³/mol. The van der Waals surface area contributed by atoms with Gasteiger partial charge in [0.2, 0.25) is 5.88 Å². The minimum Gasteiger partial charge on any atom is -0.480 e. The molecule has 1 saturated heterocycles. The second kappa shape index (κ2) is 9.75. The van der Waals surface area contributed by atoms with Crippen molar-refractivity contribution in [2.75, 3.05) is 33.3 Å². The third-order valence-electron chi connectivity index (χ3n) is 5.55. The van der Waals surface area contributed by atoms with E-state index in [1.54, 1.807) is 18.2 Å². The number of amides is 1. The van der Waals surface area contributed by atoms with Crippen molar-refractivity contribution in [2.24, 2.45) is 0 Å². The molecule has 34 heavy (non-hydrogen) atoms. The quantitative estimate of drug-likeness (QED) is 0.525. The van der Waals surface area contributed by atoms with Crippen LogP contribution in [0, 0.1) is 5.82 Å². The summed E-state index contributed by atoms with van der Waals surface area (Å²) in [4.78, 5) is 16.5. The van der Waals surface area contributed by atoms with Gasteiger partial charge in [0.15, 0.2) is 11.5 Å². The van der Waals surface area contributed by atoms with E-state index in [9.17, 15) is 22.4 Å². The molecular weight excluding hydrogens is 456 g/mol. The van der Waals surface area contributed by atoms with Gasteiger partial charge in [0, 0.05) is 44.4 Å². The molecule has 2 aromatic heterocycles. The normalized spacial score (nSPS) is 15.3. The van der Waals surface area contributed by atoms with E-state index >= 15 is 0 Å². The minimum atomic E-state index is -4.86. The Morgan fingerprint density at radius 2 is 1.85 bits per heavy atom. The third kappa shape index (κ3) is 5.01. The van der Waals surface area contributed by atoms with Gasteiger partial charge >= 0.3 is 6.18 Å². The zero-order valence-electron chi connectivity index (χ0n) is 18.3. The number of hydrogen-bond acceptors (Lipinski definition) is 6. The summed E-state index contributed by atoms with van der Waals surface area (Å²) < 4.78 is 61.4. The van der Waals surface area contributed by atoms with Crippen LogP contribution in [-0.4, -0.2) is 69.0 Å². The predicted octanol–water partition coefficient (Wildman–Crippen LogP) is 3.18. The van der Waals surface area contributed by atoms with Gasteiger partial charge < -0.3 is 9.64 Å². The molecule has 8 nitrogen and oxygen atoms in total. The first-order valence-electron chi connectivity index (χ1n) is 10.6. The summed E-state index contributed by atoms with van der Waals surface area (Å²) in [6, 6.07) is 9.05. The van der Waals surface area contributed by atoms with Crippen LogP contribution in [0.5, 0.6) is 5.88 Å². The molecule has 0 saturated carbocycles. The average Bonchev–Trinajstić information content (AvgIpc) is 3.15. The van der Waals surface area contributed by atoms with Crippen LogP contribution in [0.15, 0.2) is 42.6 Å². The molecule has 4 rings (SSSR count). The van der Waals surface area contributed by atoms with E-state index in [2.05, 4.69) is 15.3 Å². The van der Waals surface area contributed by atoms with Gasteiger partial charge in [-0.05, 0) is 18.6 Å². The van der Waals surface area contributed by atoms with Crippen LogP contribution in [0.25, 0.3) is 5.82 Å². The Balaban J connectivity index is 1.54. The van der Waals surface area contributed by atoms with E-state index in [-0.39, 0.29) is 30.6 Å². The summed E-state index contributed by atoms with van der Waals surface area (Å²) in [5.41, 5.74) is -1.25. The summed E-state index contributed by atoms with van der Waals surface area (Å²) in [5.74, 6) is -1.15. The Hall–Kier alpha value is -3.54. The maximum absolute atomic E-state index is 14.0. The summed E-state index contributed by atoms with van der Waals surface area (Å²) in [6.07, 6.45) is -3.41. The number of carbonyl (C=O) groups is 1. The monoisotopic (exact) mass is 478 g/mol. The number of alkyl halides is 3. The van der Waals surface area contributed by atoms with Crippen molar-refractivity contribution in [2.45, 2.75) is 19.1 Å². The van der Waals surface area contributed by atoms with Gasteiger partial charge in [0.1, 0.15) is 5.82 Å². The fraction of sp³-hybridized carbons (Fsp3) is 0.364. The number of halogens is 4. The van der Waals surface area contributed by atoms with E-state index in [1.807, 2.05) is 4.90 Å². The molecular formula is C22H22F4N6O2. The molecule has 3 heterocycles. The molecule has 12 heteroatoms. The van der Waals surface area contributed by atoms with Gasteiger partial charge in [0.05, 0.1) is 18.9 Å². The summed E-state index contributed by atoms with van der Waals surface area (Å²) in [7, 11) is 1.36. The molecule has 1 aromatic carbocycles. The van der Waals surface area contributed by atoms with Crippen LogP contribution in [0.4, 0.5) is 17.6 Å². The Labute approximate surface area is 192 Å². The molecule has 0 unspecified atom stereocenters. The van der Waals surface area contributed by atoms with Gasteiger partial charge in [-0.3, -0.25) is 9.69 Å². The lowest BCUT2D eigenvalue weighted by Crippen LogP contribution is -2.36. The molecule has 3 aromatic rings. The highest BCUT2D eigenvalue weighted by molar-refractivity contribution is 5.95. The van der Waals surface area contributed by atoms with Crippen molar-refractivity contribution >= 4 is 5.91 Å². The Morgan fingerprint density at radius 1 is 1.06 bits per heavy atom. The molecule has 0 atom stereocenters. The van der Waals surface area contributed by atoms with Crippen LogP contribution >= 0.6 is 0 Å². The summed E-state index contributed by atoms with van der Waals surface area (Å²) in [6.45, 7) is 1.83. The van der Waals surface area contributed by atoms with E-state index < -0.39 is 23.3 Å². The highest BCUT2D eigenvalue weighted by atomic mass is 19.4. The Kier molecular flexibility index (Phi) is 6.77. The molecule has 1 fully saturated rings. The van der Waals surface area contributed by atoms with Gasteiger partial charge in [-0.15, -0.1) is 10.2 Å². The summed E-state index contributed by atoms with van der Waals surface area (Å²) >= 11 is 0. The van der Waals surface area contributed by atoms with Gasteiger partial charge in [-0.1, -0.05) is 18.2 Å². The number of ether oxygens (including phenoxy) is 1. The number of nitrogens with zero attached hydrogens (tertiary/aromatic N) is 6. The average molecular weight is 478 g/mol. The van der Waals surface area contributed by atoms with E-state index in [1.165, 1.54) is 30.2 Å². The van der Waals surface area contributed by atoms with Gasteiger partial charge in [-0.25, -0.2) is 9.07 Å². The molecule has 180 valence electrons. The lowest BCUT2D eigenvalue weighted by molar-refractivity contribution is -0.143. The van der Waals surface area contributed by atoms with Gasteiger partial charge in [-0.2, -0.15) is 18.3 Å². The van der Waals surface area contributed by atoms with E-state index in [0.29, 0.717) is 36.3 Å². The largest absolute Gasteiger partial charge is 0.480 e. The first-order chi connectivity index (χ1) is 16.3. The highest BCUT2D eigenvalue weighted by Gasteiger charge is 2.42. The SMILES string of the molecule is COc1ccc(-n2ncc(C(=O)N3CCCN(Cc4ccccc4F)CC3)c2C(F)(F)F)nn1. The lowest BCUT2D eigenvalue weighted by Gasteiger charge is -2.22. The van der Waals surface area contributed by atoms with Crippen molar-refractivity contribution in [3.05, 3.63) is 65.2 Å². The van der Waals surface area contributed by atoms with Crippen molar-refractivity contribution in [3.8, 4) is 11.7 Å². The first-order valence-corrected chi connectivity index (χ1v) is 10.6. The van der Waals surface area contributed by atoms with Crippen LogP contribution in [0.1, 0.15) is 28.0 Å². The van der Waals surface area contributed by atoms with E-state index in [0.717, 1.165) is 6.20 Å². The molecule has 0 spiro atoms. The number of aromatic nitrogens is 4. The summed E-state index contributed by atoms with van der Waals surface area (Å²) in [5, 5.41) is 11.2. The van der Waals surface area contributed by atoms with Crippen LogP contribution in [0.2, 0.25) is 0 Å². The molecule has 0 aliphatic carbocycles. The smallest absolute Gasteiger partial charge is 0.434 e.